The summed E-state index contributed by atoms with van der Waals surface area (Å²) in [7, 11) is 1.58. The van der Waals surface area contributed by atoms with E-state index in [1.807, 2.05) is 23.6 Å². The Morgan fingerprint density at radius 3 is 3.09 bits per heavy atom. The quantitative estimate of drug-likeness (QED) is 0.792. The van der Waals surface area contributed by atoms with E-state index >= 15 is 0 Å². The fourth-order valence-electron chi connectivity index (χ4n) is 2.56. The van der Waals surface area contributed by atoms with Crippen molar-refractivity contribution in [2.45, 2.75) is 19.3 Å². The predicted molar refractivity (Wildman–Crippen MR) is 94.2 cm³/mol. The molecule has 120 valence electrons. The van der Waals surface area contributed by atoms with Gasteiger partial charge in [-0.05, 0) is 37.0 Å². The third kappa shape index (κ3) is 3.92. The molecule has 1 unspecified atom stereocenters. The van der Waals surface area contributed by atoms with Crippen molar-refractivity contribution in [3.05, 3.63) is 40.8 Å². The number of methoxy groups -OCH3 is 1. The van der Waals surface area contributed by atoms with Crippen molar-refractivity contribution in [2.24, 2.45) is 5.92 Å². The molecule has 3 rings (SSSR count). The lowest BCUT2D eigenvalue weighted by Crippen LogP contribution is -2.14. The smallest absolute Gasteiger partial charge is 0.226 e. The van der Waals surface area contributed by atoms with Crippen LogP contribution in [0.3, 0.4) is 0 Å². The maximum atomic E-state index is 12.0. The van der Waals surface area contributed by atoms with E-state index in [9.17, 15) is 4.79 Å². The molecule has 2 aromatic rings. The standard InChI is InChI=1S/C17H17ClN2O2S/c1-22-15-7-6-12(9-13(15)18)14-10-23-17(19-14)20-16(21)8-11-4-2-3-5-11/h2,4,6-7,9-11H,3,5,8H2,1H3,(H,19,20,21). The molecule has 0 bridgehead atoms. The third-order valence-corrected chi connectivity index (χ3v) is 4.81. The summed E-state index contributed by atoms with van der Waals surface area (Å²) in [6.07, 6.45) is 6.89. The van der Waals surface area contributed by atoms with Gasteiger partial charge in [-0.25, -0.2) is 4.98 Å². The molecular formula is C17H17ClN2O2S. The maximum absolute atomic E-state index is 12.0. The van der Waals surface area contributed by atoms with Crippen molar-refractivity contribution in [1.82, 2.24) is 4.98 Å². The van der Waals surface area contributed by atoms with E-state index in [-0.39, 0.29) is 5.91 Å². The van der Waals surface area contributed by atoms with E-state index in [4.69, 9.17) is 16.3 Å². The summed E-state index contributed by atoms with van der Waals surface area (Å²) in [6.45, 7) is 0. The van der Waals surface area contributed by atoms with E-state index in [0.717, 1.165) is 24.1 Å². The molecule has 0 fully saturated rings. The zero-order valence-corrected chi connectivity index (χ0v) is 14.3. The minimum atomic E-state index is 0.00946. The number of ether oxygens (including phenoxy) is 1. The highest BCUT2D eigenvalue weighted by atomic mass is 35.5. The zero-order valence-electron chi connectivity index (χ0n) is 12.7. The van der Waals surface area contributed by atoms with Crippen LogP contribution in [0.15, 0.2) is 35.7 Å². The number of amides is 1. The molecule has 1 N–H and O–H groups in total. The molecule has 0 saturated carbocycles. The summed E-state index contributed by atoms with van der Waals surface area (Å²) in [6, 6.07) is 5.51. The lowest BCUT2D eigenvalue weighted by Gasteiger charge is -2.06. The number of halogens is 1. The number of benzene rings is 1. The van der Waals surface area contributed by atoms with Crippen LogP contribution in [0, 0.1) is 5.92 Å². The van der Waals surface area contributed by atoms with Gasteiger partial charge in [-0.2, -0.15) is 0 Å². The molecule has 1 heterocycles. The van der Waals surface area contributed by atoms with Crippen LogP contribution in [0.1, 0.15) is 19.3 Å². The van der Waals surface area contributed by atoms with Crippen molar-refractivity contribution in [1.29, 1.82) is 0 Å². The van der Waals surface area contributed by atoms with Crippen LogP contribution in [0.4, 0.5) is 5.13 Å². The Morgan fingerprint density at radius 2 is 2.39 bits per heavy atom. The van der Waals surface area contributed by atoms with E-state index < -0.39 is 0 Å². The first-order chi connectivity index (χ1) is 11.2. The molecule has 0 saturated heterocycles. The van der Waals surface area contributed by atoms with Crippen molar-refractivity contribution < 1.29 is 9.53 Å². The highest BCUT2D eigenvalue weighted by molar-refractivity contribution is 7.14. The Labute approximate surface area is 144 Å². The predicted octanol–water partition coefficient (Wildman–Crippen LogP) is 4.77. The van der Waals surface area contributed by atoms with Crippen molar-refractivity contribution in [2.75, 3.05) is 12.4 Å². The maximum Gasteiger partial charge on any atom is 0.226 e. The van der Waals surface area contributed by atoms with Gasteiger partial charge in [0.15, 0.2) is 5.13 Å². The number of hydrogen-bond donors (Lipinski definition) is 1. The van der Waals surface area contributed by atoms with Gasteiger partial charge in [0.1, 0.15) is 5.75 Å². The molecule has 1 aliphatic rings. The monoisotopic (exact) mass is 348 g/mol. The summed E-state index contributed by atoms with van der Waals surface area (Å²) in [5, 5.41) is 5.93. The van der Waals surface area contributed by atoms with Gasteiger partial charge >= 0.3 is 0 Å². The van der Waals surface area contributed by atoms with Crippen molar-refractivity contribution >= 4 is 34.0 Å². The average molecular weight is 349 g/mol. The number of hydrogen-bond acceptors (Lipinski definition) is 4. The summed E-state index contributed by atoms with van der Waals surface area (Å²) >= 11 is 7.55. The summed E-state index contributed by atoms with van der Waals surface area (Å²) in [4.78, 5) is 16.5. The first kappa shape index (κ1) is 16.0. The second-order valence-electron chi connectivity index (χ2n) is 5.41. The summed E-state index contributed by atoms with van der Waals surface area (Å²) in [5.41, 5.74) is 1.68. The Hall–Kier alpha value is -1.85. The van der Waals surface area contributed by atoms with Gasteiger partial charge in [-0.1, -0.05) is 23.8 Å². The van der Waals surface area contributed by atoms with Crippen molar-refractivity contribution in [3.8, 4) is 17.0 Å². The lowest BCUT2D eigenvalue weighted by atomic mass is 10.1. The largest absolute Gasteiger partial charge is 0.495 e. The van der Waals surface area contributed by atoms with Gasteiger partial charge in [0.05, 0.1) is 17.8 Å². The number of thiazole rings is 1. The highest BCUT2D eigenvalue weighted by Crippen LogP contribution is 2.32. The normalized spacial score (nSPS) is 16.5. The van der Waals surface area contributed by atoms with Crippen LogP contribution in [0.5, 0.6) is 5.75 Å². The number of allylic oxidation sites excluding steroid dienone is 2. The molecule has 1 atom stereocenters. The molecule has 4 nitrogen and oxygen atoms in total. The van der Waals surface area contributed by atoms with E-state index in [0.29, 0.717) is 28.2 Å². The van der Waals surface area contributed by atoms with Crippen LogP contribution in [-0.2, 0) is 4.79 Å². The van der Waals surface area contributed by atoms with E-state index in [1.54, 1.807) is 7.11 Å². The molecular weight excluding hydrogens is 332 g/mol. The van der Waals surface area contributed by atoms with Gasteiger partial charge in [0, 0.05) is 17.4 Å². The number of rotatable bonds is 5. The van der Waals surface area contributed by atoms with Crippen LogP contribution >= 0.6 is 22.9 Å². The fraction of sp³-hybridized carbons (Fsp3) is 0.294. The molecule has 1 amide bonds. The van der Waals surface area contributed by atoms with Gasteiger partial charge < -0.3 is 10.1 Å². The van der Waals surface area contributed by atoms with E-state index in [2.05, 4.69) is 22.5 Å². The minimum absolute atomic E-state index is 0.00946. The number of anilines is 1. The molecule has 23 heavy (non-hydrogen) atoms. The Bertz CT molecular complexity index is 742. The van der Waals surface area contributed by atoms with Crippen LogP contribution < -0.4 is 10.1 Å². The Balaban J connectivity index is 1.66. The number of aromatic nitrogens is 1. The van der Waals surface area contributed by atoms with E-state index in [1.165, 1.54) is 11.3 Å². The van der Waals surface area contributed by atoms with Gasteiger partial charge in [-0.15, -0.1) is 11.3 Å². The molecule has 0 radical (unpaired) electrons. The topological polar surface area (TPSA) is 51.2 Å². The van der Waals surface area contributed by atoms with Crippen LogP contribution in [0.25, 0.3) is 11.3 Å². The third-order valence-electron chi connectivity index (χ3n) is 3.76. The highest BCUT2D eigenvalue weighted by Gasteiger charge is 2.15. The molecule has 1 aromatic heterocycles. The first-order valence-corrected chi connectivity index (χ1v) is 8.67. The number of carbonyl (C=O) groups excluding carboxylic acids is 1. The number of nitrogens with one attached hydrogen (secondary N) is 1. The van der Waals surface area contributed by atoms with Gasteiger partial charge in [-0.3, -0.25) is 4.79 Å². The fourth-order valence-corrected chi connectivity index (χ4v) is 3.56. The van der Waals surface area contributed by atoms with Gasteiger partial charge in [0.2, 0.25) is 5.91 Å². The molecule has 0 spiro atoms. The number of nitrogens with zero attached hydrogens (tertiary/aromatic N) is 1. The minimum Gasteiger partial charge on any atom is -0.495 e. The average Bonchev–Trinajstić information content (AvgIpc) is 3.19. The SMILES string of the molecule is COc1ccc(-c2csc(NC(=O)CC3C=CCC3)n2)cc1Cl. The first-order valence-electron chi connectivity index (χ1n) is 7.41. The molecule has 1 aliphatic carbocycles. The number of carbonyl (C=O) groups is 1. The van der Waals surface area contributed by atoms with Gasteiger partial charge in [0.25, 0.3) is 0 Å². The second-order valence-corrected chi connectivity index (χ2v) is 6.67. The van der Waals surface area contributed by atoms with Crippen LogP contribution in [-0.4, -0.2) is 18.0 Å². The Kier molecular flexibility index (Phi) is 4.98. The summed E-state index contributed by atoms with van der Waals surface area (Å²) < 4.78 is 5.14. The second kappa shape index (κ2) is 7.15. The Morgan fingerprint density at radius 1 is 1.52 bits per heavy atom. The molecule has 6 heteroatoms. The molecule has 0 aliphatic heterocycles. The zero-order chi connectivity index (χ0) is 16.2. The lowest BCUT2D eigenvalue weighted by molar-refractivity contribution is -0.116. The summed E-state index contributed by atoms with van der Waals surface area (Å²) in [5.74, 6) is 0.994. The van der Waals surface area contributed by atoms with Crippen molar-refractivity contribution in [3.63, 3.8) is 0 Å². The molecule has 1 aromatic carbocycles. The van der Waals surface area contributed by atoms with Crippen LogP contribution in [0.2, 0.25) is 5.02 Å².